The summed E-state index contributed by atoms with van der Waals surface area (Å²) in [5.41, 5.74) is 0. The Balaban J connectivity index is 1.81. The molecule has 0 saturated heterocycles. The van der Waals surface area contributed by atoms with E-state index in [1.54, 1.807) is 6.08 Å². The van der Waals surface area contributed by atoms with Crippen molar-refractivity contribution in [2.45, 2.75) is 70.2 Å². The van der Waals surface area contributed by atoms with E-state index in [-0.39, 0.29) is 18.3 Å². The van der Waals surface area contributed by atoms with E-state index >= 15 is 0 Å². The van der Waals surface area contributed by atoms with Crippen LogP contribution in [0, 0.1) is 18.8 Å². The van der Waals surface area contributed by atoms with Crippen molar-refractivity contribution in [2.24, 2.45) is 11.8 Å². The minimum Gasteiger partial charge on any atom is -0.481 e. The van der Waals surface area contributed by atoms with Crippen LogP contribution in [0.3, 0.4) is 0 Å². The number of aliphatic hydroxyl groups excluding tert-OH is 3. The summed E-state index contributed by atoms with van der Waals surface area (Å²) in [6, 6.07) is 3.80. The summed E-state index contributed by atoms with van der Waals surface area (Å²) in [5.74, 6) is 0.573. The van der Waals surface area contributed by atoms with Gasteiger partial charge in [0.2, 0.25) is 0 Å². The molecule has 0 aliphatic heterocycles. The Labute approximate surface area is 166 Å². The molecule has 1 aromatic rings. The summed E-state index contributed by atoms with van der Waals surface area (Å²) < 4.78 is 5.50. The van der Waals surface area contributed by atoms with Gasteiger partial charge in [0.25, 0.3) is 0 Å². The molecular formula is C22H32O6. The Kier molecular flexibility index (Phi) is 8.96. The zero-order chi connectivity index (χ0) is 20.5. The first-order valence-electron chi connectivity index (χ1n) is 10.0. The molecule has 28 heavy (non-hydrogen) atoms. The number of rotatable bonds is 11. The molecule has 1 fully saturated rings. The quantitative estimate of drug-likeness (QED) is 0.340. The third-order valence-corrected chi connectivity index (χ3v) is 5.29. The molecule has 5 atom stereocenters. The molecule has 0 amide bonds. The van der Waals surface area contributed by atoms with Crippen molar-refractivity contribution in [2.75, 3.05) is 0 Å². The van der Waals surface area contributed by atoms with Gasteiger partial charge in [-0.1, -0.05) is 24.3 Å². The second kappa shape index (κ2) is 11.2. The first kappa shape index (κ1) is 22.4. The van der Waals surface area contributed by atoms with Gasteiger partial charge in [0, 0.05) is 25.2 Å². The zero-order valence-electron chi connectivity index (χ0n) is 16.4. The minimum atomic E-state index is -0.798. The molecule has 6 nitrogen and oxygen atoms in total. The Morgan fingerprint density at radius 2 is 2.07 bits per heavy atom. The van der Waals surface area contributed by atoms with Gasteiger partial charge in [-0.2, -0.15) is 0 Å². The van der Waals surface area contributed by atoms with Crippen molar-refractivity contribution in [1.82, 2.24) is 0 Å². The maximum atomic E-state index is 10.5. The monoisotopic (exact) mass is 392 g/mol. The molecule has 0 spiro atoms. The van der Waals surface area contributed by atoms with Gasteiger partial charge >= 0.3 is 5.97 Å². The van der Waals surface area contributed by atoms with Crippen LogP contribution in [0.4, 0.5) is 0 Å². The Morgan fingerprint density at radius 1 is 1.29 bits per heavy atom. The predicted molar refractivity (Wildman–Crippen MR) is 106 cm³/mol. The molecule has 1 aromatic heterocycles. The van der Waals surface area contributed by atoms with Crippen molar-refractivity contribution < 1.29 is 29.6 Å². The van der Waals surface area contributed by atoms with Crippen molar-refractivity contribution in [3.63, 3.8) is 0 Å². The number of furan rings is 1. The van der Waals surface area contributed by atoms with Crippen molar-refractivity contribution in [3.8, 4) is 0 Å². The van der Waals surface area contributed by atoms with Crippen LogP contribution in [0.25, 0.3) is 0 Å². The lowest BCUT2D eigenvalue weighted by molar-refractivity contribution is -0.137. The van der Waals surface area contributed by atoms with Crippen LogP contribution in [0.15, 0.2) is 40.9 Å². The number of hydrogen-bond acceptors (Lipinski definition) is 5. The summed E-state index contributed by atoms with van der Waals surface area (Å²) in [5, 5.41) is 39.3. The lowest BCUT2D eigenvalue weighted by atomic mass is 9.89. The topological polar surface area (TPSA) is 111 Å². The van der Waals surface area contributed by atoms with Gasteiger partial charge in [0.1, 0.15) is 11.5 Å². The molecule has 6 heteroatoms. The second-order valence-corrected chi connectivity index (χ2v) is 7.61. The molecule has 4 N–H and O–H groups in total. The van der Waals surface area contributed by atoms with E-state index in [0.717, 1.165) is 11.5 Å². The predicted octanol–water partition coefficient (Wildman–Crippen LogP) is 3.00. The van der Waals surface area contributed by atoms with Crippen LogP contribution in [0.2, 0.25) is 0 Å². The van der Waals surface area contributed by atoms with E-state index in [2.05, 4.69) is 0 Å². The normalized spacial score (nSPS) is 26.4. The highest BCUT2D eigenvalue weighted by Gasteiger charge is 2.39. The van der Waals surface area contributed by atoms with Gasteiger partial charge < -0.3 is 24.8 Å². The summed E-state index contributed by atoms with van der Waals surface area (Å²) in [4.78, 5) is 10.5. The number of carbonyl (C=O) groups is 1. The van der Waals surface area contributed by atoms with Crippen LogP contribution < -0.4 is 0 Å². The van der Waals surface area contributed by atoms with Crippen molar-refractivity contribution in [1.29, 1.82) is 0 Å². The minimum absolute atomic E-state index is 0.109. The highest BCUT2D eigenvalue weighted by molar-refractivity contribution is 5.66. The van der Waals surface area contributed by atoms with Gasteiger partial charge in [-0.25, -0.2) is 0 Å². The number of carboxylic acid groups (broad SMARTS) is 1. The fraction of sp³-hybridized carbons (Fsp3) is 0.591. The molecule has 0 bridgehead atoms. The average molecular weight is 392 g/mol. The Hall–Kier alpha value is -1.89. The van der Waals surface area contributed by atoms with Crippen LogP contribution in [0.5, 0.6) is 0 Å². The number of aliphatic hydroxyl groups is 3. The van der Waals surface area contributed by atoms with E-state index in [1.165, 1.54) is 0 Å². The summed E-state index contributed by atoms with van der Waals surface area (Å²) in [6.07, 6.45) is 9.08. The fourth-order valence-corrected chi connectivity index (χ4v) is 3.71. The Morgan fingerprint density at radius 3 is 2.75 bits per heavy atom. The maximum Gasteiger partial charge on any atom is 0.303 e. The molecule has 1 aliphatic rings. The van der Waals surface area contributed by atoms with Gasteiger partial charge in [-0.15, -0.1) is 0 Å². The van der Waals surface area contributed by atoms with E-state index in [4.69, 9.17) is 9.52 Å². The highest BCUT2D eigenvalue weighted by atomic mass is 16.4. The summed E-state index contributed by atoms with van der Waals surface area (Å²) in [6.45, 7) is 1.88. The Bertz CT molecular complexity index is 662. The van der Waals surface area contributed by atoms with Crippen LogP contribution in [0.1, 0.15) is 50.0 Å². The van der Waals surface area contributed by atoms with Gasteiger partial charge in [0.15, 0.2) is 0 Å². The van der Waals surface area contributed by atoms with Crippen LogP contribution >= 0.6 is 0 Å². The highest BCUT2D eigenvalue weighted by Crippen LogP contribution is 2.36. The standard InChI is InChI=1S/C22H32O6/c1-15-8-11-17(28-15)12-9-16(23)10-13-19-18(20(24)14-21(19)25)6-4-2-3-5-7-22(26)27/h2,4,8,10-11,13,16,18-21,23-25H,3,5-7,9,12,14H2,1H3,(H,26,27)/b4-2-,13-10+/t16-,18+,19+,20-,21+/m0/s1. The van der Waals surface area contributed by atoms with Crippen molar-refractivity contribution in [3.05, 3.63) is 48.0 Å². The van der Waals surface area contributed by atoms with Gasteiger partial charge in [-0.05, 0) is 50.7 Å². The summed E-state index contributed by atoms with van der Waals surface area (Å²) in [7, 11) is 0. The van der Waals surface area contributed by atoms with E-state index < -0.39 is 24.3 Å². The largest absolute Gasteiger partial charge is 0.481 e. The number of unbranched alkanes of at least 4 members (excludes halogenated alkanes) is 1. The van der Waals surface area contributed by atoms with Gasteiger partial charge in [-0.3, -0.25) is 4.79 Å². The molecule has 156 valence electrons. The van der Waals surface area contributed by atoms with Crippen LogP contribution in [-0.4, -0.2) is 44.7 Å². The first-order chi connectivity index (χ1) is 13.4. The van der Waals surface area contributed by atoms with Gasteiger partial charge in [0.05, 0.1) is 18.3 Å². The number of hydrogen-bond donors (Lipinski definition) is 4. The van der Waals surface area contributed by atoms with E-state index in [0.29, 0.717) is 38.5 Å². The third-order valence-electron chi connectivity index (χ3n) is 5.29. The summed E-state index contributed by atoms with van der Waals surface area (Å²) >= 11 is 0. The molecule has 1 saturated carbocycles. The van der Waals surface area contributed by atoms with E-state index in [9.17, 15) is 20.1 Å². The molecule has 1 aliphatic carbocycles. The lowest BCUT2D eigenvalue weighted by Gasteiger charge is -2.19. The smallest absolute Gasteiger partial charge is 0.303 e. The molecule has 2 rings (SSSR count). The number of carboxylic acids is 1. The van der Waals surface area contributed by atoms with E-state index in [1.807, 2.05) is 37.3 Å². The maximum absolute atomic E-state index is 10.5. The average Bonchev–Trinajstić information content (AvgIpc) is 3.16. The number of aliphatic carboxylic acids is 1. The first-order valence-corrected chi connectivity index (χ1v) is 10.0. The third kappa shape index (κ3) is 7.26. The number of allylic oxidation sites excluding steroid dienone is 2. The molecule has 1 heterocycles. The molecular weight excluding hydrogens is 360 g/mol. The SMILES string of the molecule is Cc1ccc(CC[C@H](O)/C=C/[C@@H]2[C@@H](C/C=C\CCCC(=O)O)[C@@H](O)C[C@H]2O)o1. The number of aryl methyl sites for hydroxylation is 2. The second-order valence-electron chi connectivity index (χ2n) is 7.61. The fourth-order valence-electron chi connectivity index (χ4n) is 3.71. The zero-order valence-corrected chi connectivity index (χ0v) is 16.4. The molecule has 0 unspecified atom stereocenters. The molecule has 0 radical (unpaired) electrons. The molecule has 0 aromatic carbocycles. The lowest BCUT2D eigenvalue weighted by Crippen LogP contribution is -2.20. The van der Waals surface area contributed by atoms with Crippen molar-refractivity contribution >= 4 is 5.97 Å². The van der Waals surface area contributed by atoms with Crippen LogP contribution in [-0.2, 0) is 11.2 Å².